The van der Waals surface area contributed by atoms with Gasteiger partial charge in [0.15, 0.2) is 0 Å². The molecule has 0 radical (unpaired) electrons. The van der Waals surface area contributed by atoms with Crippen molar-refractivity contribution in [1.82, 2.24) is 9.78 Å². The number of aromatic nitrogens is 2. The van der Waals surface area contributed by atoms with Gasteiger partial charge in [-0.2, -0.15) is 5.10 Å². The first-order valence-electron chi connectivity index (χ1n) is 5.18. The molecule has 1 aliphatic carbocycles. The largest absolute Gasteiger partial charge is 0.275 e. The van der Waals surface area contributed by atoms with Crippen LogP contribution in [0.25, 0.3) is 10.9 Å². The minimum absolute atomic E-state index is 0.785. The summed E-state index contributed by atoms with van der Waals surface area (Å²) in [6.07, 6.45) is 4.81. The van der Waals surface area contributed by atoms with Crippen molar-refractivity contribution in [2.45, 2.75) is 25.7 Å². The van der Waals surface area contributed by atoms with E-state index >= 15 is 0 Å². The van der Waals surface area contributed by atoms with Crippen molar-refractivity contribution >= 4 is 10.9 Å². The van der Waals surface area contributed by atoms with E-state index in [0.29, 0.717) is 0 Å². The van der Waals surface area contributed by atoms with Crippen LogP contribution >= 0.6 is 0 Å². The summed E-state index contributed by atoms with van der Waals surface area (Å²) < 4.78 is 1.92. The van der Waals surface area contributed by atoms with Crippen LogP contribution in [0.5, 0.6) is 0 Å². The molecule has 72 valence electrons. The van der Waals surface area contributed by atoms with Gasteiger partial charge in [0.1, 0.15) is 0 Å². The van der Waals surface area contributed by atoms with Crippen LogP contribution in [0.1, 0.15) is 29.9 Å². The lowest BCUT2D eigenvalue weighted by molar-refractivity contribution is 0.778. The number of nitrogens with zero attached hydrogens (tertiary/aromatic N) is 2. The normalized spacial score (nSPS) is 16.4. The van der Waals surface area contributed by atoms with Gasteiger partial charge in [0.25, 0.3) is 0 Å². The van der Waals surface area contributed by atoms with Crippen LogP contribution in [0.4, 0.5) is 0 Å². The van der Waals surface area contributed by atoms with E-state index in [4.69, 9.17) is 0 Å². The third-order valence-electron chi connectivity index (χ3n) is 3.06. The second-order valence-electron chi connectivity index (χ2n) is 4.31. The Labute approximate surface area is 83.5 Å². The van der Waals surface area contributed by atoms with Gasteiger partial charge in [-0.1, -0.05) is 12.1 Å². The molecule has 14 heavy (non-hydrogen) atoms. The van der Waals surface area contributed by atoms with E-state index in [0.717, 1.165) is 5.92 Å². The average Bonchev–Trinajstić information content (AvgIpc) is 2.89. The molecule has 0 N–H and O–H groups in total. The summed E-state index contributed by atoms with van der Waals surface area (Å²) in [4.78, 5) is 0. The van der Waals surface area contributed by atoms with Crippen molar-refractivity contribution in [3.05, 3.63) is 29.5 Å². The van der Waals surface area contributed by atoms with E-state index in [1.54, 1.807) is 0 Å². The molecule has 1 fully saturated rings. The molecule has 2 heteroatoms. The van der Waals surface area contributed by atoms with Crippen molar-refractivity contribution < 1.29 is 0 Å². The lowest BCUT2D eigenvalue weighted by Gasteiger charge is -2.00. The molecule has 1 aromatic carbocycles. The Hall–Kier alpha value is -1.31. The summed E-state index contributed by atoms with van der Waals surface area (Å²) in [7, 11) is 2.00. The van der Waals surface area contributed by atoms with Gasteiger partial charge in [0, 0.05) is 18.6 Å². The van der Waals surface area contributed by atoms with E-state index in [-0.39, 0.29) is 0 Å². The molecule has 0 spiro atoms. The summed E-state index contributed by atoms with van der Waals surface area (Å²) in [6.45, 7) is 2.15. The van der Waals surface area contributed by atoms with E-state index in [1.165, 1.54) is 34.9 Å². The second-order valence-corrected chi connectivity index (χ2v) is 4.31. The molecule has 1 saturated carbocycles. The van der Waals surface area contributed by atoms with E-state index in [1.807, 2.05) is 11.7 Å². The van der Waals surface area contributed by atoms with Crippen molar-refractivity contribution in [2.24, 2.45) is 7.05 Å². The molecule has 1 heterocycles. The SMILES string of the molecule is Cc1ccc(C2CC2)c2nn(C)cc12. The standard InChI is InChI=1S/C12H14N2/c1-8-3-6-10(9-4-5-9)12-11(8)7-14(2)13-12/h3,6-7,9H,4-5H2,1-2H3. The van der Waals surface area contributed by atoms with Crippen molar-refractivity contribution in [3.63, 3.8) is 0 Å². The second kappa shape index (κ2) is 2.59. The Bertz CT molecular complexity index is 492. The predicted octanol–water partition coefficient (Wildman–Crippen LogP) is 2.76. The Morgan fingerprint density at radius 3 is 2.86 bits per heavy atom. The fraction of sp³-hybridized carbons (Fsp3) is 0.417. The van der Waals surface area contributed by atoms with Crippen LogP contribution in [0, 0.1) is 6.92 Å². The maximum atomic E-state index is 4.55. The maximum Gasteiger partial charge on any atom is 0.0960 e. The summed E-state index contributed by atoms with van der Waals surface area (Å²) >= 11 is 0. The van der Waals surface area contributed by atoms with E-state index in [2.05, 4.69) is 30.4 Å². The number of hydrogen-bond acceptors (Lipinski definition) is 1. The molecule has 0 bridgehead atoms. The van der Waals surface area contributed by atoms with Gasteiger partial charge in [-0.3, -0.25) is 4.68 Å². The van der Waals surface area contributed by atoms with Crippen LogP contribution in [0.15, 0.2) is 18.3 Å². The molecule has 2 nitrogen and oxygen atoms in total. The highest BCUT2D eigenvalue weighted by atomic mass is 15.2. The Morgan fingerprint density at radius 1 is 1.36 bits per heavy atom. The molecule has 0 amide bonds. The zero-order chi connectivity index (χ0) is 9.71. The summed E-state index contributed by atoms with van der Waals surface area (Å²) in [5.74, 6) is 0.785. The fourth-order valence-corrected chi connectivity index (χ4v) is 2.10. The highest BCUT2D eigenvalue weighted by Gasteiger charge is 2.26. The molecule has 3 rings (SSSR count). The smallest absolute Gasteiger partial charge is 0.0960 e. The van der Waals surface area contributed by atoms with Crippen LogP contribution < -0.4 is 0 Å². The summed E-state index contributed by atoms with van der Waals surface area (Å²) in [6, 6.07) is 4.47. The molecule has 0 unspecified atom stereocenters. The number of aryl methyl sites for hydroxylation is 2. The Balaban J connectivity index is 2.34. The molecular formula is C12H14N2. The van der Waals surface area contributed by atoms with Crippen molar-refractivity contribution in [2.75, 3.05) is 0 Å². The predicted molar refractivity (Wildman–Crippen MR) is 57.4 cm³/mol. The first-order chi connectivity index (χ1) is 6.75. The van der Waals surface area contributed by atoms with Crippen molar-refractivity contribution in [1.29, 1.82) is 0 Å². The third-order valence-corrected chi connectivity index (χ3v) is 3.06. The summed E-state index contributed by atoms with van der Waals surface area (Å²) in [5.41, 5.74) is 4.00. The van der Waals surface area contributed by atoms with Gasteiger partial charge in [-0.05, 0) is 36.8 Å². The molecule has 0 saturated heterocycles. The van der Waals surface area contributed by atoms with Crippen LogP contribution in [0.3, 0.4) is 0 Å². The average molecular weight is 186 g/mol. The number of rotatable bonds is 1. The molecule has 0 atom stereocenters. The van der Waals surface area contributed by atoms with Gasteiger partial charge >= 0.3 is 0 Å². The van der Waals surface area contributed by atoms with Gasteiger partial charge in [0.05, 0.1) is 5.52 Å². The lowest BCUT2D eigenvalue weighted by Crippen LogP contribution is -1.87. The molecule has 1 aromatic heterocycles. The molecular weight excluding hydrogens is 172 g/mol. The quantitative estimate of drug-likeness (QED) is 0.669. The zero-order valence-corrected chi connectivity index (χ0v) is 8.62. The molecule has 2 aromatic rings. The minimum Gasteiger partial charge on any atom is -0.275 e. The lowest BCUT2D eigenvalue weighted by atomic mass is 10.0. The van der Waals surface area contributed by atoms with Crippen LogP contribution in [0.2, 0.25) is 0 Å². The highest BCUT2D eigenvalue weighted by molar-refractivity contribution is 5.85. The van der Waals surface area contributed by atoms with Crippen LogP contribution in [-0.2, 0) is 7.05 Å². The maximum absolute atomic E-state index is 4.55. The fourth-order valence-electron chi connectivity index (χ4n) is 2.10. The number of fused-ring (bicyclic) bond motifs is 1. The number of benzene rings is 1. The molecule has 1 aliphatic rings. The van der Waals surface area contributed by atoms with E-state index in [9.17, 15) is 0 Å². The monoisotopic (exact) mass is 186 g/mol. The summed E-state index contributed by atoms with van der Waals surface area (Å²) in [5, 5.41) is 5.87. The van der Waals surface area contributed by atoms with Gasteiger partial charge in [0.2, 0.25) is 0 Å². The number of hydrogen-bond donors (Lipinski definition) is 0. The third kappa shape index (κ3) is 1.07. The zero-order valence-electron chi connectivity index (χ0n) is 8.62. The highest BCUT2D eigenvalue weighted by Crippen LogP contribution is 2.43. The topological polar surface area (TPSA) is 17.8 Å². The Morgan fingerprint density at radius 2 is 2.14 bits per heavy atom. The molecule has 0 aliphatic heterocycles. The van der Waals surface area contributed by atoms with Crippen LogP contribution in [-0.4, -0.2) is 9.78 Å². The van der Waals surface area contributed by atoms with Gasteiger partial charge in [-0.25, -0.2) is 0 Å². The van der Waals surface area contributed by atoms with E-state index < -0.39 is 0 Å². The first kappa shape index (κ1) is 8.04. The van der Waals surface area contributed by atoms with Crippen molar-refractivity contribution in [3.8, 4) is 0 Å². The first-order valence-corrected chi connectivity index (χ1v) is 5.18. The van der Waals surface area contributed by atoms with Gasteiger partial charge in [-0.15, -0.1) is 0 Å². The Kier molecular flexibility index (Phi) is 1.49. The van der Waals surface area contributed by atoms with Gasteiger partial charge < -0.3 is 0 Å². The minimum atomic E-state index is 0.785.